The minimum absolute atomic E-state index is 0.258. The zero-order valence-corrected chi connectivity index (χ0v) is 14.5. The Morgan fingerprint density at radius 1 is 1.08 bits per heavy atom. The largest absolute Gasteiger partial charge is 0.573 e. The number of halogens is 3. The van der Waals surface area contributed by atoms with Crippen LogP contribution in [0.1, 0.15) is 31.1 Å². The number of nitrogens with zero attached hydrogens (tertiary/aromatic N) is 1. The first kappa shape index (κ1) is 19.6. The summed E-state index contributed by atoms with van der Waals surface area (Å²) in [5, 5.41) is 0. The lowest BCUT2D eigenvalue weighted by Crippen LogP contribution is -2.23. The summed E-state index contributed by atoms with van der Waals surface area (Å²) in [6.07, 6.45) is -5.51. The second-order valence-corrected chi connectivity index (χ2v) is 5.36. The van der Waals surface area contributed by atoms with E-state index in [1.165, 1.54) is 29.2 Å². The molecule has 0 saturated carbocycles. The van der Waals surface area contributed by atoms with Gasteiger partial charge in [-0.3, -0.25) is 4.90 Å². The summed E-state index contributed by atoms with van der Waals surface area (Å²) in [6.45, 7) is 4.65. The molecule has 0 unspecified atom stereocenters. The SMILES string of the molecule is CC.O=C1O[C@@H](c2ccccc2)CN1Cc1ccc(OC(F)(F)F)cc1. The molecule has 2 aromatic rings. The van der Waals surface area contributed by atoms with Crippen LogP contribution in [-0.2, 0) is 11.3 Å². The minimum Gasteiger partial charge on any atom is -0.439 e. The van der Waals surface area contributed by atoms with Gasteiger partial charge in [-0.2, -0.15) is 0 Å². The van der Waals surface area contributed by atoms with Crippen molar-refractivity contribution in [3.05, 3.63) is 65.7 Å². The first-order valence-electron chi connectivity index (χ1n) is 8.26. The Labute approximate surface area is 150 Å². The summed E-state index contributed by atoms with van der Waals surface area (Å²) in [5.74, 6) is -0.294. The molecule has 1 aliphatic rings. The molecule has 1 heterocycles. The van der Waals surface area contributed by atoms with Crippen LogP contribution in [-0.4, -0.2) is 23.9 Å². The average Bonchev–Trinajstić information content (AvgIpc) is 2.99. The molecule has 1 amide bonds. The molecule has 0 N–H and O–H groups in total. The second kappa shape index (κ2) is 8.60. The van der Waals surface area contributed by atoms with Crippen LogP contribution >= 0.6 is 0 Å². The highest BCUT2D eigenvalue weighted by Crippen LogP contribution is 2.28. The summed E-state index contributed by atoms with van der Waals surface area (Å²) < 4.78 is 45.6. The van der Waals surface area contributed by atoms with Crippen LogP contribution in [0.25, 0.3) is 0 Å². The van der Waals surface area contributed by atoms with Crippen LogP contribution < -0.4 is 4.74 Å². The molecule has 26 heavy (non-hydrogen) atoms. The Hall–Kier alpha value is -2.70. The van der Waals surface area contributed by atoms with Crippen molar-refractivity contribution in [2.75, 3.05) is 6.54 Å². The van der Waals surface area contributed by atoms with E-state index in [0.717, 1.165) is 5.56 Å². The molecule has 0 bridgehead atoms. The number of cyclic esters (lactones) is 1. The maximum Gasteiger partial charge on any atom is 0.573 e. The van der Waals surface area contributed by atoms with Crippen LogP contribution in [0, 0.1) is 0 Å². The van der Waals surface area contributed by atoms with E-state index in [4.69, 9.17) is 4.74 Å². The minimum atomic E-state index is -4.72. The summed E-state index contributed by atoms with van der Waals surface area (Å²) >= 11 is 0. The molecular weight excluding hydrogens is 347 g/mol. The number of hydrogen-bond donors (Lipinski definition) is 0. The molecule has 4 nitrogen and oxygen atoms in total. The van der Waals surface area contributed by atoms with Gasteiger partial charge in [-0.1, -0.05) is 56.3 Å². The normalized spacial score (nSPS) is 16.6. The fourth-order valence-corrected chi connectivity index (χ4v) is 2.50. The van der Waals surface area contributed by atoms with E-state index in [1.54, 1.807) is 0 Å². The molecule has 1 aliphatic heterocycles. The van der Waals surface area contributed by atoms with Crippen LogP contribution in [0.15, 0.2) is 54.6 Å². The topological polar surface area (TPSA) is 38.8 Å². The van der Waals surface area contributed by atoms with Gasteiger partial charge in [0.15, 0.2) is 0 Å². The zero-order chi connectivity index (χ0) is 19.2. The van der Waals surface area contributed by atoms with E-state index in [-0.39, 0.29) is 18.4 Å². The summed E-state index contributed by atoms with van der Waals surface area (Å²) in [4.78, 5) is 13.5. The Morgan fingerprint density at radius 3 is 2.27 bits per heavy atom. The lowest BCUT2D eigenvalue weighted by atomic mass is 10.1. The number of ether oxygens (including phenoxy) is 2. The quantitative estimate of drug-likeness (QED) is 0.736. The molecule has 0 spiro atoms. The van der Waals surface area contributed by atoms with E-state index < -0.39 is 12.5 Å². The van der Waals surface area contributed by atoms with Crippen LogP contribution in [0.3, 0.4) is 0 Å². The molecule has 0 aromatic heterocycles. The Kier molecular flexibility index (Phi) is 6.49. The molecule has 0 aliphatic carbocycles. The number of amides is 1. The smallest absolute Gasteiger partial charge is 0.439 e. The predicted octanol–water partition coefficient (Wildman–Crippen LogP) is 5.30. The van der Waals surface area contributed by atoms with Gasteiger partial charge in [-0.05, 0) is 23.3 Å². The van der Waals surface area contributed by atoms with Crippen molar-refractivity contribution in [3.8, 4) is 5.75 Å². The highest BCUT2D eigenvalue weighted by Gasteiger charge is 2.33. The van der Waals surface area contributed by atoms with E-state index in [1.807, 2.05) is 44.2 Å². The van der Waals surface area contributed by atoms with E-state index in [9.17, 15) is 18.0 Å². The maximum atomic E-state index is 12.1. The van der Waals surface area contributed by atoms with Gasteiger partial charge >= 0.3 is 12.5 Å². The lowest BCUT2D eigenvalue weighted by Gasteiger charge is -2.14. The van der Waals surface area contributed by atoms with Crippen LogP contribution in [0.4, 0.5) is 18.0 Å². The Balaban J connectivity index is 0.00000117. The van der Waals surface area contributed by atoms with E-state index in [2.05, 4.69) is 4.74 Å². The van der Waals surface area contributed by atoms with E-state index in [0.29, 0.717) is 12.1 Å². The number of carbonyl (C=O) groups is 1. The van der Waals surface area contributed by atoms with Crippen molar-refractivity contribution in [2.24, 2.45) is 0 Å². The highest BCUT2D eigenvalue weighted by molar-refractivity contribution is 5.70. The third-order valence-electron chi connectivity index (χ3n) is 3.59. The van der Waals surface area contributed by atoms with Gasteiger partial charge in [0, 0.05) is 6.54 Å². The van der Waals surface area contributed by atoms with Crippen molar-refractivity contribution in [1.82, 2.24) is 4.90 Å². The van der Waals surface area contributed by atoms with Gasteiger partial charge in [0.05, 0.1) is 6.54 Å². The molecule has 1 fully saturated rings. The summed E-state index contributed by atoms with van der Waals surface area (Å²) in [6, 6.07) is 14.8. The number of rotatable bonds is 4. The molecular formula is C19H20F3NO3. The van der Waals surface area contributed by atoms with Gasteiger partial charge in [0.2, 0.25) is 0 Å². The van der Waals surface area contributed by atoms with E-state index >= 15 is 0 Å². The first-order chi connectivity index (χ1) is 12.4. The number of hydrogen-bond acceptors (Lipinski definition) is 3. The Morgan fingerprint density at radius 2 is 1.69 bits per heavy atom. The van der Waals surface area contributed by atoms with Gasteiger partial charge in [0.25, 0.3) is 0 Å². The standard InChI is InChI=1S/C17H14F3NO3.C2H6/c18-17(19,20)24-14-8-6-12(7-9-14)10-21-11-15(23-16(21)22)13-4-2-1-3-5-13;1-2/h1-9,15H,10-11H2;1-2H3/t15-;/m1./s1. The van der Waals surface area contributed by atoms with Crippen molar-refractivity contribution in [1.29, 1.82) is 0 Å². The van der Waals surface area contributed by atoms with Gasteiger partial charge < -0.3 is 9.47 Å². The van der Waals surface area contributed by atoms with Crippen LogP contribution in [0.2, 0.25) is 0 Å². The molecule has 1 saturated heterocycles. The summed E-state index contributed by atoms with van der Waals surface area (Å²) in [7, 11) is 0. The van der Waals surface area contributed by atoms with Crippen LogP contribution in [0.5, 0.6) is 5.75 Å². The van der Waals surface area contributed by atoms with Gasteiger partial charge in [0.1, 0.15) is 11.9 Å². The van der Waals surface area contributed by atoms with Crippen molar-refractivity contribution >= 4 is 6.09 Å². The van der Waals surface area contributed by atoms with Gasteiger partial charge in [-0.15, -0.1) is 13.2 Å². The molecule has 3 rings (SSSR count). The fourth-order valence-electron chi connectivity index (χ4n) is 2.50. The van der Waals surface area contributed by atoms with Crippen molar-refractivity contribution in [3.63, 3.8) is 0 Å². The third kappa shape index (κ3) is 5.40. The average molecular weight is 367 g/mol. The number of benzene rings is 2. The highest BCUT2D eigenvalue weighted by atomic mass is 19.4. The molecule has 0 radical (unpaired) electrons. The second-order valence-electron chi connectivity index (χ2n) is 5.36. The van der Waals surface area contributed by atoms with Crippen molar-refractivity contribution in [2.45, 2.75) is 32.9 Å². The maximum absolute atomic E-state index is 12.1. The Bertz CT molecular complexity index is 702. The lowest BCUT2D eigenvalue weighted by molar-refractivity contribution is -0.274. The number of carbonyl (C=O) groups excluding carboxylic acids is 1. The zero-order valence-electron chi connectivity index (χ0n) is 14.5. The monoisotopic (exact) mass is 367 g/mol. The fraction of sp³-hybridized carbons (Fsp3) is 0.316. The molecule has 2 aromatic carbocycles. The first-order valence-corrected chi connectivity index (χ1v) is 8.26. The van der Waals surface area contributed by atoms with Gasteiger partial charge in [-0.25, -0.2) is 4.79 Å². The summed E-state index contributed by atoms with van der Waals surface area (Å²) in [5.41, 5.74) is 1.59. The number of alkyl halides is 3. The molecule has 140 valence electrons. The third-order valence-corrected chi connectivity index (χ3v) is 3.59. The van der Waals surface area contributed by atoms with Crippen molar-refractivity contribution < 1.29 is 27.4 Å². The molecule has 7 heteroatoms. The molecule has 1 atom stereocenters. The predicted molar refractivity (Wildman–Crippen MR) is 90.5 cm³/mol.